The van der Waals surface area contributed by atoms with Crippen molar-refractivity contribution in [2.45, 2.75) is 52.0 Å². The van der Waals surface area contributed by atoms with Crippen LogP contribution in [-0.4, -0.2) is 76.3 Å². The van der Waals surface area contributed by atoms with Crippen molar-refractivity contribution >= 4 is 11.8 Å². The molecule has 0 spiro atoms. The largest absolute Gasteiger partial charge is 0.354 e. The van der Waals surface area contributed by atoms with Crippen molar-refractivity contribution in [1.82, 2.24) is 30.5 Å². The molecule has 1 aliphatic carbocycles. The maximum atomic E-state index is 12.8. The highest BCUT2D eigenvalue weighted by atomic mass is 16.2. The van der Waals surface area contributed by atoms with Crippen molar-refractivity contribution in [2.75, 3.05) is 33.2 Å². The van der Waals surface area contributed by atoms with Gasteiger partial charge in [-0.15, -0.1) is 0 Å². The number of nitrogens with zero attached hydrogens (tertiary/aromatic N) is 4. The second-order valence-electron chi connectivity index (χ2n) is 8.31. The van der Waals surface area contributed by atoms with E-state index in [-0.39, 0.29) is 23.3 Å². The molecule has 2 amide bonds. The number of likely N-dealkylation sites (N-methyl/N-ethyl adjacent to an activating group) is 1. The zero-order valence-corrected chi connectivity index (χ0v) is 16.7. The summed E-state index contributed by atoms with van der Waals surface area (Å²) in [4.78, 5) is 29.5. The molecule has 0 bridgehead atoms. The molecular formula is C19H32N6O2. The lowest BCUT2D eigenvalue weighted by atomic mass is 9.61. The Kier molecular flexibility index (Phi) is 6.14. The number of aryl methyl sites for hydroxylation is 1. The first-order valence-corrected chi connectivity index (χ1v) is 10.0. The van der Waals surface area contributed by atoms with Crippen LogP contribution in [0.5, 0.6) is 0 Å². The summed E-state index contributed by atoms with van der Waals surface area (Å²) in [6.07, 6.45) is 5.81. The molecule has 1 saturated carbocycles. The minimum absolute atomic E-state index is 0.139. The Balaban J connectivity index is 1.49. The summed E-state index contributed by atoms with van der Waals surface area (Å²) in [5.41, 5.74) is 0.626. The van der Waals surface area contributed by atoms with Crippen LogP contribution in [0.4, 0.5) is 0 Å². The molecule has 2 aliphatic rings. The van der Waals surface area contributed by atoms with Crippen LogP contribution in [0.15, 0.2) is 6.20 Å². The average Bonchev–Trinajstić information content (AvgIpc) is 3.11. The van der Waals surface area contributed by atoms with Crippen LogP contribution < -0.4 is 5.32 Å². The summed E-state index contributed by atoms with van der Waals surface area (Å²) in [6, 6.07) is 0.156. The molecule has 150 valence electrons. The van der Waals surface area contributed by atoms with Crippen LogP contribution in [0.1, 0.15) is 45.2 Å². The number of rotatable bonds is 7. The second-order valence-corrected chi connectivity index (χ2v) is 8.31. The number of aromatic nitrogens is 3. The zero-order chi connectivity index (χ0) is 19.4. The number of H-pyrrole nitrogens is 1. The standard InChI is InChI=1S/C19H32N6O2/c1-14(2)19(7-4-8-19)18(27)20-12-16-13-25(10-9-24(16)3)17(26)6-5-15-11-21-23-22-15/h11,14,16H,4-10,12-13H2,1-3H3,(H,20,27)(H,21,22,23). The normalized spacial score (nSPS) is 22.5. The second kappa shape index (κ2) is 8.37. The molecule has 1 aromatic heterocycles. The van der Waals surface area contributed by atoms with Crippen molar-refractivity contribution in [2.24, 2.45) is 11.3 Å². The van der Waals surface area contributed by atoms with E-state index in [4.69, 9.17) is 0 Å². The minimum atomic E-state index is -0.180. The van der Waals surface area contributed by atoms with Crippen LogP contribution >= 0.6 is 0 Å². The molecular weight excluding hydrogens is 344 g/mol. The highest BCUT2D eigenvalue weighted by Crippen LogP contribution is 2.47. The Morgan fingerprint density at radius 1 is 1.37 bits per heavy atom. The predicted molar refractivity (Wildman–Crippen MR) is 102 cm³/mol. The smallest absolute Gasteiger partial charge is 0.226 e. The van der Waals surface area contributed by atoms with Crippen molar-refractivity contribution in [3.63, 3.8) is 0 Å². The molecule has 0 radical (unpaired) electrons. The predicted octanol–water partition coefficient (Wildman–Crippen LogP) is 0.822. The maximum Gasteiger partial charge on any atom is 0.226 e. The third-order valence-corrected chi connectivity index (χ3v) is 6.49. The molecule has 2 heterocycles. The fourth-order valence-electron chi connectivity index (χ4n) is 4.14. The van der Waals surface area contributed by atoms with E-state index < -0.39 is 0 Å². The van der Waals surface area contributed by atoms with Gasteiger partial charge >= 0.3 is 0 Å². The lowest BCUT2D eigenvalue weighted by Crippen LogP contribution is -2.58. The van der Waals surface area contributed by atoms with E-state index >= 15 is 0 Å². The van der Waals surface area contributed by atoms with Gasteiger partial charge in [0.05, 0.1) is 17.3 Å². The fraction of sp³-hybridized carbons (Fsp3) is 0.789. The summed E-state index contributed by atoms with van der Waals surface area (Å²) in [5.74, 6) is 0.691. The number of nitrogens with one attached hydrogen (secondary N) is 2. The lowest BCUT2D eigenvalue weighted by molar-refractivity contribution is -0.140. The first kappa shape index (κ1) is 19.8. The Morgan fingerprint density at radius 2 is 2.15 bits per heavy atom. The van der Waals surface area contributed by atoms with Gasteiger partial charge in [-0.05, 0) is 25.8 Å². The molecule has 1 atom stereocenters. The molecule has 2 N–H and O–H groups in total. The number of piperazine rings is 1. The van der Waals surface area contributed by atoms with Gasteiger partial charge in [-0.25, -0.2) is 0 Å². The molecule has 1 unspecified atom stereocenters. The molecule has 1 aromatic rings. The topological polar surface area (TPSA) is 94.2 Å². The van der Waals surface area contributed by atoms with E-state index in [0.29, 0.717) is 31.8 Å². The van der Waals surface area contributed by atoms with E-state index in [1.165, 1.54) is 0 Å². The van der Waals surface area contributed by atoms with Gasteiger partial charge in [0.2, 0.25) is 11.8 Å². The Morgan fingerprint density at radius 3 is 2.74 bits per heavy atom. The maximum absolute atomic E-state index is 12.8. The summed E-state index contributed by atoms with van der Waals surface area (Å²) >= 11 is 0. The molecule has 8 heteroatoms. The fourth-order valence-corrected chi connectivity index (χ4v) is 4.14. The summed E-state index contributed by atoms with van der Waals surface area (Å²) in [5, 5.41) is 13.5. The van der Waals surface area contributed by atoms with Gasteiger partial charge in [0, 0.05) is 45.1 Å². The molecule has 8 nitrogen and oxygen atoms in total. The van der Waals surface area contributed by atoms with Gasteiger partial charge in [-0.2, -0.15) is 15.4 Å². The van der Waals surface area contributed by atoms with Crippen LogP contribution in [0.2, 0.25) is 0 Å². The van der Waals surface area contributed by atoms with Crippen molar-refractivity contribution in [1.29, 1.82) is 0 Å². The van der Waals surface area contributed by atoms with Gasteiger partial charge in [0.1, 0.15) is 0 Å². The number of carbonyl (C=O) groups is 2. The average molecular weight is 377 g/mol. The van der Waals surface area contributed by atoms with Gasteiger partial charge in [0.15, 0.2) is 0 Å². The zero-order valence-electron chi connectivity index (χ0n) is 16.7. The van der Waals surface area contributed by atoms with Gasteiger partial charge < -0.3 is 10.2 Å². The first-order valence-electron chi connectivity index (χ1n) is 10.0. The Hall–Kier alpha value is -1.96. The number of amides is 2. The first-order chi connectivity index (χ1) is 12.9. The van der Waals surface area contributed by atoms with Gasteiger partial charge in [-0.1, -0.05) is 20.3 Å². The van der Waals surface area contributed by atoms with Crippen LogP contribution in [0.3, 0.4) is 0 Å². The Labute approximate surface area is 161 Å². The molecule has 1 saturated heterocycles. The number of hydrogen-bond acceptors (Lipinski definition) is 5. The third-order valence-electron chi connectivity index (χ3n) is 6.49. The molecule has 1 aliphatic heterocycles. The van der Waals surface area contributed by atoms with Crippen LogP contribution in [0.25, 0.3) is 0 Å². The number of hydrogen-bond donors (Lipinski definition) is 2. The van der Waals surface area contributed by atoms with Crippen molar-refractivity contribution < 1.29 is 9.59 Å². The summed E-state index contributed by atoms with van der Waals surface area (Å²) in [7, 11) is 2.07. The van der Waals surface area contributed by atoms with E-state index in [2.05, 4.69) is 46.5 Å². The Bertz CT molecular complexity index is 641. The minimum Gasteiger partial charge on any atom is -0.354 e. The van der Waals surface area contributed by atoms with E-state index in [1.54, 1.807) is 6.20 Å². The molecule has 27 heavy (non-hydrogen) atoms. The van der Waals surface area contributed by atoms with Crippen molar-refractivity contribution in [3.05, 3.63) is 11.9 Å². The third kappa shape index (κ3) is 4.31. The van der Waals surface area contributed by atoms with Gasteiger partial charge in [-0.3, -0.25) is 14.5 Å². The van der Waals surface area contributed by atoms with E-state index in [0.717, 1.165) is 38.0 Å². The summed E-state index contributed by atoms with van der Waals surface area (Å²) in [6.45, 7) is 7.08. The molecule has 0 aromatic carbocycles. The number of carbonyl (C=O) groups excluding carboxylic acids is 2. The van der Waals surface area contributed by atoms with Crippen LogP contribution in [-0.2, 0) is 16.0 Å². The van der Waals surface area contributed by atoms with E-state index in [9.17, 15) is 9.59 Å². The molecule has 3 rings (SSSR count). The highest BCUT2D eigenvalue weighted by molar-refractivity contribution is 5.83. The lowest BCUT2D eigenvalue weighted by Gasteiger charge is -2.45. The quantitative estimate of drug-likeness (QED) is 0.735. The SMILES string of the molecule is CC(C)C1(C(=O)NCC2CN(C(=O)CCc3cn[nH]n3)CCN2C)CCC1. The van der Waals surface area contributed by atoms with Crippen LogP contribution in [0, 0.1) is 11.3 Å². The summed E-state index contributed by atoms with van der Waals surface area (Å²) < 4.78 is 0. The van der Waals surface area contributed by atoms with E-state index in [1.807, 2.05) is 4.90 Å². The van der Waals surface area contributed by atoms with Crippen molar-refractivity contribution in [3.8, 4) is 0 Å². The molecule has 2 fully saturated rings. The van der Waals surface area contributed by atoms with Gasteiger partial charge in [0.25, 0.3) is 0 Å². The highest BCUT2D eigenvalue weighted by Gasteiger charge is 2.46. The number of aromatic amines is 1. The monoisotopic (exact) mass is 376 g/mol.